The summed E-state index contributed by atoms with van der Waals surface area (Å²) < 4.78 is 5.32. The number of carbonyl (C=O) groups is 1. The Hall–Kier alpha value is -4.15. The minimum absolute atomic E-state index is 0.00555. The molecule has 3 rings (SSSR count). The largest absolute Gasteiger partial charge is 0.449 e. The molecule has 0 heterocycles. The molecular weight excluding hydrogens is 374 g/mol. The first-order valence-electron chi connectivity index (χ1n) is 7.73. The molecule has 0 bridgehead atoms. The molecule has 0 aliphatic heterocycles. The lowest BCUT2D eigenvalue weighted by Crippen LogP contribution is -2.11. The number of nitrogens with zero attached hydrogens (tertiary/aromatic N) is 3. The smallest absolute Gasteiger partial charge is 0.334 e. The van der Waals surface area contributed by atoms with Gasteiger partial charge in [-0.05, 0) is 18.6 Å². The van der Waals surface area contributed by atoms with Crippen LogP contribution in [0.3, 0.4) is 0 Å². The van der Waals surface area contributed by atoms with E-state index in [1.165, 1.54) is 13.0 Å². The molecule has 11 heteroatoms. The topological polar surface area (TPSA) is 156 Å². The second-order valence-corrected chi connectivity index (χ2v) is 6.04. The van der Waals surface area contributed by atoms with E-state index in [-0.39, 0.29) is 33.5 Å². The van der Waals surface area contributed by atoms with Gasteiger partial charge >= 0.3 is 5.97 Å². The molecule has 1 aliphatic carbocycles. The van der Waals surface area contributed by atoms with Gasteiger partial charge in [0.1, 0.15) is 0 Å². The van der Waals surface area contributed by atoms with Crippen LogP contribution in [0.4, 0.5) is 17.1 Å². The second kappa shape index (κ2) is 6.54. The van der Waals surface area contributed by atoms with Crippen LogP contribution in [-0.2, 0) is 9.53 Å². The van der Waals surface area contributed by atoms with Crippen molar-refractivity contribution in [3.8, 4) is 11.1 Å². The molecule has 0 spiro atoms. The number of hydrogen-bond acceptors (Lipinski definition) is 8. The Bertz CT molecular complexity index is 1090. The van der Waals surface area contributed by atoms with E-state index in [1.54, 1.807) is 0 Å². The van der Waals surface area contributed by atoms with E-state index in [1.807, 2.05) is 0 Å². The van der Waals surface area contributed by atoms with Crippen molar-refractivity contribution in [2.45, 2.75) is 13.0 Å². The average Bonchev–Trinajstić information content (AvgIpc) is 2.93. The van der Waals surface area contributed by atoms with Gasteiger partial charge in [0.2, 0.25) is 0 Å². The number of non-ortho nitro benzene ring substituents is 2. The number of carbonyl (C=O) groups excluding carboxylic acids is 1. The summed E-state index contributed by atoms with van der Waals surface area (Å²) in [6, 6.07) is 5.43. The Morgan fingerprint density at radius 3 is 2.11 bits per heavy atom. The number of hydrogen-bond donors (Lipinski definition) is 0. The van der Waals surface area contributed by atoms with Gasteiger partial charge in [-0.25, -0.2) is 4.79 Å². The maximum absolute atomic E-state index is 12.1. The Labute approximate surface area is 156 Å². The first-order chi connectivity index (χ1) is 13.1. The molecule has 2 aromatic rings. The monoisotopic (exact) mass is 385 g/mol. The van der Waals surface area contributed by atoms with E-state index in [0.717, 1.165) is 24.3 Å². The van der Waals surface area contributed by atoms with Crippen LogP contribution in [0.2, 0.25) is 0 Å². The SMILES string of the molecule is C=C(C)C(=O)OC1c2cc([N+](=O)[O-])ccc2-c2c1cc([N+](=O)[O-])cc2[N+](=O)[O-]. The third kappa shape index (κ3) is 2.94. The zero-order valence-corrected chi connectivity index (χ0v) is 14.3. The molecule has 0 fully saturated rings. The zero-order valence-electron chi connectivity index (χ0n) is 14.3. The van der Waals surface area contributed by atoms with Crippen LogP contribution in [0.15, 0.2) is 42.5 Å². The van der Waals surface area contributed by atoms with E-state index >= 15 is 0 Å². The maximum Gasteiger partial charge on any atom is 0.334 e. The number of esters is 1. The summed E-state index contributed by atoms with van der Waals surface area (Å²) in [4.78, 5) is 43.6. The van der Waals surface area contributed by atoms with Crippen molar-refractivity contribution in [3.63, 3.8) is 0 Å². The van der Waals surface area contributed by atoms with Crippen LogP contribution < -0.4 is 0 Å². The predicted molar refractivity (Wildman–Crippen MR) is 94.6 cm³/mol. The van der Waals surface area contributed by atoms with Crippen molar-refractivity contribution in [1.82, 2.24) is 0 Å². The van der Waals surface area contributed by atoms with Crippen molar-refractivity contribution >= 4 is 23.0 Å². The summed E-state index contributed by atoms with van der Waals surface area (Å²) in [6.45, 7) is 4.82. The lowest BCUT2D eigenvalue weighted by atomic mass is 10.0. The summed E-state index contributed by atoms with van der Waals surface area (Å²) in [7, 11) is 0. The Morgan fingerprint density at radius 2 is 1.57 bits per heavy atom. The lowest BCUT2D eigenvalue weighted by molar-refractivity contribution is -0.393. The Morgan fingerprint density at radius 1 is 0.964 bits per heavy atom. The molecule has 0 N–H and O–H groups in total. The number of fused-ring (bicyclic) bond motifs is 3. The van der Waals surface area contributed by atoms with E-state index in [0.29, 0.717) is 0 Å². The van der Waals surface area contributed by atoms with Crippen molar-refractivity contribution in [2.24, 2.45) is 0 Å². The third-order valence-electron chi connectivity index (χ3n) is 4.19. The second-order valence-electron chi connectivity index (χ2n) is 6.04. The van der Waals surface area contributed by atoms with E-state index in [2.05, 4.69) is 6.58 Å². The predicted octanol–water partition coefficient (Wildman–Crippen LogP) is 3.60. The Balaban J connectivity index is 2.33. The first kappa shape index (κ1) is 18.6. The minimum atomic E-state index is -1.28. The highest BCUT2D eigenvalue weighted by Crippen LogP contribution is 2.51. The van der Waals surface area contributed by atoms with Crippen molar-refractivity contribution < 1.29 is 24.3 Å². The highest BCUT2D eigenvalue weighted by Gasteiger charge is 2.40. The third-order valence-corrected chi connectivity index (χ3v) is 4.19. The Kier molecular flexibility index (Phi) is 4.35. The molecule has 1 unspecified atom stereocenters. The molecular formula is C17H11N3O8. The fourth-order valence-corrected chi connectivity index (χ4v) is 2.99. The summed E-state index contributed by atoms with van der Waals surface area (Å²) in [5, 5.41) is 33.8. The minimum Gasteiger partial charge on any atom is -0.449 e. The fraction of sp³-hybridized carbons (Fsp3) is 0.118. The van der Waals surface area contributed by atoms with Gasteiger partial charge in [-0.3, -0.25) is 30.3 Å². The summed E-state index contributed by atoms with van der Waals surface area (Å²) in [6.07, 6.45) is -1.28. The van der Waals surface area contributed by atoms with E-state index < -0.39 is 38.2 Å². The van der Waals surface area contributed by atoms with Gasteiger partial charge in [0.15, 0.2) is 6.10 Å². The van der Waals surface area contributed by atoms with Gasteiger partial charge < -0.3 is 4.74 Å². The van der Waals surface area contributed by atoms with Crippen molar-refractivity contribution in [2.75, 3.05) is 0 Å². The van der Waals surface area contributed by atoms with Gasteiger partial charge in [-0.1, -0.05) is 6.58 Å². The molecule has 1 aliphatic rings. The molecule has 0 saturated heterocycles. The molecule has 1 atom stereocenters. The lowest BCUT2D eigenvalue weighted by Gasteiger charge is -2.14. The highest BCUT2D eigenvalue weighted by atomic mass is 16.6. The van der Waals surface area contributed by atoms with Crippen LogP contribution in [0.25, 0.3) is 11.1 Å². The van der Waals surface area contributed by atoms with Gasteiger partial charge in [-0.2, -0.15) is 0 Å². The van der Waals surface area contributed by atoms with Gasteiger partial charge in [0.25, 0.3) is 17.1 Å². The first-order valence-corrected chi connectivity index (χ1v) is 7.73. The van der Waals surface area contributed by atoms with Gasteiger partial charge in [-0.15, -0.1) is 0 Å². The van der Waals surface area contributed by atoms with Crippen LogP contribution in [0.1, 0.15) is 24.2 Å². The van der Waals surface area contributed by atoms with Crippen molar-refractivity contribution in [1.29, 1.82) is 0 Å². The summed E-state index contributed by atoms with van der Waals surface area (Å²) >= 11 is 0. The normalized spacial score (nSPS) is 14.0. The van der Waals surface area contributed by atoms with E-state index in [4.69, 9.17) is 4.74 Å². The number of rotatable bonds is 5. The summed E-state index contributed by atoms with van der Waals surface area (Å²) in [5.74, 6) is -0.843. The van der Waals surface area contributed by atoms with Crippen LogP contribution in [0.5, 0.6) is 0 Å². The van der Waals surface area contributed by atoms with Crippen molar-refractivity contribution in [3.05, 3.63) is 84.0 Å². The summed E-state index contributed by atoms with van der Waals surface area (Å²) in [5.41, 5.74) is -1.05. The molecule has 142 valence electrons. The standard InChI is InChI=1S/C17H11N3O8/c1-8(2)17(21)28-16-12-5-9(18(22)23)3-4-11(12)15-13(16)6-10(19(24)25)7-14(15)20(26)27/h3-7,16H,1H2,2H3. The number of nitro groups is 3. The molecule has 28 heavy (non-hydrogen) atoms. The zero-order chi connectivity index (χ0) is 20.7. The number of nitro benzene ring substituents is 3. The quantitative estimate of drug-likeness (QED) is 0.327. The molecule has 0 amide bonds. The number of ether oxygens (including phenoxy) is 1. The average molecular weight is 385 g/mol. The van der Waals surface area contributed by atoms with Crippen LogP contribution in [0, 0.1) is 30.3 Å². The maximum atomic E-state index is 12.1. The van der Waals surface area contributed by atoms with Gasteiger partial charge in [0.05, 0.1) is 26.4 Å². The molecule has 11 nitrogen and oxygen atoms in total. The van der Waals surface area contributed by atoms with Crippen LogP contribution >= 0.6 is 0 Å². The molecule has 0 aromatic heterocycles. The molecule has 0 radical (unpaired) electrons. The highest BCUT2D eigenvalue weighted by molar-refractivity contribution is 5.91. The fourth-order valence-electron chi connectivity index (χ4n) is 2.99. The number of benzene rings is 2. The van der Waals surface area contributed by atoms with Gasteiger partial charge in [0, 0.05) is 34.9 Å². The molecule has 2 aromatic carbocycles. The van der Waals surface area contributed by atoms with E-state index in [9.17, 15) is 35.1 Å². The molecule has 0 saturated carbocycles. The van der Waals surface area contributed by atoms with Crippen LogP contribution in [-0.4, -0.2) is 20.7 Å².